The zero-order chi connectivity index (χ0) is 24.6. The molecule has 4 aromatic rings. The van der Waals surface area contributed by atoms with Crippen LogP contribution in [-0.2, 0) is 10.5 Å². The quantitative estimate of drug-likeness (QED) is 0.241. The smallest absolute Gasteiger partial charge is 0.244 e. The molecule has 0 aliphatic heterocycles. The minimum Gasteiger partial charge on any atom is -0.497 e. The number of hydrogen-bond donors (Lipinski definition) is 1. The third-order valence-electron chi connectivity index (χ3n) is 5.43. The highest BCUT2D eigenvalue weighted by molar-refractivity contribution is 7.98. The molecule has 1 amide bonds. The average Bonchev–Trinajstić information content (AvgIpc) is 3.31. The number of hydrogen-bond acceptors (Lipinski definition) is 5. The van der Waals surface area contributed by atoms with E-state index in [1.807, 2.05) is 72.2 Å². The number of aryl methyl sites for hydroxylation is 1. The van der Waals surface area contributed by atoms with E-state index < -0.39 is 0 Å². The van der Waals surface area contributed by atoms with Crippen LogP contribution in [0.3, 0.4) is 0 Å². The van der Waals surface area contributed by atoms with E-state index in [0.717, 1.165) is 27.7 Å². The molecule has 0 fully saturated rings. The third kappa shape index (κ3) is 6.39. The summed E-state index contributed by atoms with van der Waals surface area (Å²) in [5, 5.41) is 12.7. The highest BCUT2D eigenvalue weighted by Gasteiger charge is 2.20. The van der Waals surface area contributed by atoms with Gasteiger partial charge in [-0.25, -0.2) is 0 Å². The number of carbonyl (C=O) groups excluding carboxylic acids is 1. The molecule has 1 heterocycles. The number of nitrogens with zero attached hydrogens (tertiary/aromatic N) is 3. The zero-order valence-electron chi connectivity index (χ0n) is 20.0. The van der Waals surface area contributed by atoms with Gasteiger partial charge >= 0.3 is 0 Å². The van der Waals surface area contributed by atoms with Crippen LogP contribution >= 0.6 is 11.8 Å². The Hall–Kier alpha value is -3.84. The Kier molecular flexibility index (Phi) is 8.00. The van der Waals surface area contributed by atoms with E-state index in [1.54, 1.807) is 24.9 Å². The summed E-state index contributed by atoms with van der Waals surface area (Å²) in [4.78, 5) is 12.6. The van der Waals surface area contributed by atoms with Gasteiger partial charge in [-0.15, -0.1) is 10.2 Å². The van der Waals surface area contributed by atoms with Crippen molar-refractivity contribution in [3.63, 3.8) is 0 Å². The summed E-state index contributed by atoms with van der Waals surface area (Å²) in [7, 11) is 1.66. The Morgan fingerprint density at radius 3 is 2.57 bits per heavy atom. The fourth-order valence-electron chi connectivity index (χ4n) is 3.56. The summed E-state index contributed by atoms with van der Waals surface area (Å²) in [6.45, 7) is 3.97. The first kappa shape index (κ1) is 24.3. The fourth-order valence-corrected chi connectivity index (χ4v) is 4.47. The van der Waals surface area contributed by atoms with Crippen LogP contribution in [0.2, 0.25) is 0 Å². The molecular formula is C28H28N4O2S. The van der Waals surface area contributed by atoms with Crippen LogP contribution in [0.1, 0.15) is 35.5 Å². The molecule has 0 spiro atoms. The fraction of sp³-hybridized carbons (Fsp3) is 0.179. The molecule has 0 aliphatic rings. The van der Waals surface area contributed by atoms with E-state index in [0.29, 0.717) is 11.6 Å². The van der Waals surface area contributed by atoms with Gasteiger partial charge in [-0.05, 0) is 55.3 Å². The van der Waals surface area contributed by atoms with Crippen LogP contribution in [0.25, 0.3) is 11.8 Å². The number of methoxy groups -OCH3 is 1. The Bertz CT molecular complexity index is 1300. The molecule has 1 atom stereocenters. The number of amides is 1. The molecule has 3 aromatic carbocycles. The number of rotatable bonds is 9. The van der Waals surface area contributed by atoms with Crippen molar-refractivity contribution in [3.05, 3.63) is 107 Å². The van der Waals surface area contributed by atoms with Gasteiger partial charge in [-0.2, -0.15) is 0 Å². The highest BCUT2D eigenvalue weighted by Crippen LogP contribution is 2.28. The van der Waals surface area contributed by atoms with Gasteiger partial charge < -0.3 is 10.1 Å². The number of aromatic nitrogens is 3. The van der Waals surface area contributed by atoms with Gasteiger partial charge in [0.1, 0.15) is 5.75 Å². The molecule has 1 N–H and O–H groups in total. The van der Waals surface area contributed by atoms with E-state index in [9.17, 15) is 4.79 Å². The van der Waals surface area contributed by atoms with E-state index in [2.05, 4.69) is 40.6 Å². The van der Waals surface area contributed by atoms with Crippen LogP contribution in [0.4, 0.5) is 0 Å². The van der Waals surface area contributed by atoms with Gasteiger partial charge in [0.15, 0.2) is 11.0 Å². The van der Waals surface area contributed by atoms with Crippen molar-refractivity contribution in [3.8, 4) is 11.4 Å². The van der Waals surface area contributed by atoms with Crippen LogP contribution in [-0.4, -0.2) is 27.8 Å². The number of carbonyl (C=O) groups is 1. The third-order valence-corrected chi connectivity index (χ3v) is 6.43. The maximum atomic E-state index is 12.6. The van der Waals surface area contributed by atoms with E-state index in [1.165, 1.54) is 11.6 Å². The molecule has 7 heteroatoms. The van der Waals surface area contributed by atoms with Gasteiger partial charge in [0.05, 0.1) is 13.2 Å². The maximum Gasteiger partial charge on any atom is 0.244 e. The molecule has 1 unspecified atom stereocenters. The standard InChI is InChI=1S/C28H28N4O2S/c1-20-12-15-24(16-13-20)32-27(21(2)29-26(33)17-14-22-8-5-4-6-9-22)30-31-28(32)35-19-23-10-7-11-25(18-23)34-3/h4-18,21H,19H2,1-3H3,(H,29,33). The normalized spacial score (nSPS) is 12.0. The molecule has 0 bridgehead atoms. The minimum atomic E-state index is -0.345. The molecular weight excluding hydrogens is 456 g/mol. The predicted octanol–water partition coefficient (Wildman–Crippen LogP) is 5.77. The largest absolute Gasteiger partial charge is 0.497 e. The van der Waals surface area contributed by atoms with Crippen molar-refractivity contribution < 1.29 is 9.53 Å². The van der Waals surface area contributed by atoms with E-state index >= 15 is 0 Å². The first-order valence-corrected chi connectivity index (χ1v) is 12.3. The zero-order valence-corrected chi connectivity index (χ0v) is 20.8. The first-order chi connectivity index (χ1) is 17.0. The van der Waals surface area contributed by atoms with Gasteiger partial charge in [-0.1, -0.05) is 71.9 Å². The lowest BCUT2D eigenvalue weighted by Gasteiger charge is -2.16. The van der Waals surface area contributed by atoms with Crippen molar-refractivity contribution in [2.75, 3.05) is 7.11 Å². The summed E-state index contributed by atoms with van der Waals surface area (Å²) in [6.07, 6.45) is 3.33. The second kappa shape index (κ2) is 11.5. The summed E-state index contributed by atoms with van der Waals surface area (Å²) in [6, 6.07) is 25.6. The minimum absolute atomic E-state index is 0.189. The highest BCUT2D eigenvalue weighted by atomic mass is 32.2. The van der Waals surface area contributed by atoms with Gasteiger partial charge in [0.2, 0.25) is 5.91 Å². The predicted molar refractivity (Wildman–Crippen MR) is 141 cm³/mol. The summed E-state index contributed by atoms with van der Waals surface area (Å²) in [5.41, 5.74) is 4.21. The molecule has 178 valence electrons. The molecule has 0 aliphatic carbocycles. The number of nitrogens with one attached hydrogen (secondary N) is 1. The second-order valence-electron chi connectivity index (χ2n) is 8.13. The SMILES string of the molecule is COc1cccc(CSc2nnc(C(C)NC(=O)C=Cc3ccccc3)n2-c2ccc(C)cc2)c1. The van der Waals surface area contributed by atoms with Crippen LogP contribution in [0.15, 0.2) is 90.1 Å². The van der Waals surface area contributed by atoms with Crippen LogP contribution in [0, 0.1) is 6.92 Å². The van der Waals surface area contributed by atoms with Crippen molar-refractivity contribution >= 4 is 23.7 Å². The number of ether oxygens (including phenoxy) is 1. The van der Waals surface area contributed by atoms with Crippen LogP contribution in [0.5, 0.6) is 5.75 Å². The lowest BCUT2D eigenvalue weighted by molar-refractivity contribution is -0.117. The molecule has 6 nitrogen and oxygen atoms in total. The van der Waals surface area contributed by atoms with Gasteiger partial charge in [0.25, 0.3) is 0 Å². The Labute approximate surface area is 210 Å². The summed E-state index contributed by atoms with van der Waals surface area (Å²) in [5.74, 6) is 2.01. The molecule has 35 heavy (non-hydrogen) atoms. The maximum absolute atomic E-state index is 12.6. The number of benzene rings is 3. The lowest BCUT2D eigenvalue weighted by Crippen LogP contribution is -2.27. The first-order valence-electron chi connectivity index (χ1n) is 11.3. The topological polar surface area (TPSA) is 69.0 Å². The monoisotopic (exact) mass is 484 g/mol. The number of thioether (sulfide) groups is 1. The molecule has 0 saturated heterocycles. The second-order valence-corrected chi connectivity index (χ2v) is 9.07. The summed E-state index contributed by atoms with van der Waals surface area (Å²) >= 11 is 1.59. The molecule has 4 rings (SSSR count). The van der Waals surface area contributed by atoms with Gasteiger partial charge in [0, 0.05) is 17.5 Å². The van der Waals surface area contributed by atoms with Crippen molar-refractivity contribution in [2.24, 2.45) is 0 Å². The van der Waals surface area contributed by atoms with Crippen molar-refractivity contribution in [1.82, 2.24) is 20.1 Å². The van der Waals surface area contributed by atoms with Gasteiger partial charge in [-0.3, -0.25) is 9.36 Å². The molecule has 0 saturated carbocycles. The Balaban J connectivity index is 1.56. The lowest BCUT2D eigenvalue weighted by atomic mass is 10.2. The van der Waals surface area contributed by atoms with E-state index in [-0.39, 0.29) is 11.9 Å². The average molecular weight is 485 g/mol. The van der Waals surface area contributed by atoms with Crippen molar-refractivity contribution in [1.29, 1.82) is 0 Å². The van der Waals surface area contributed by atoms with Crippen molar-refractivity contribution in [2.45, 2.75) is 30.8 Å². The Morgan fingerprint density at radius 2 is 1.83 bits per heavy atom. The van der Waals surface area contributed by atoms with Crippen LogP contribution < -0.4 is 10.1 Å². The Morgan fingerprint density at radius 1 is 1.06 bits per heavy atom. The van der Waals surface area contributed by atoms with E-state index in [4.69, 9.17) is 4.74 Å². The molecule has 0 radical (unpaired) electrons. The molecule has 1 aromatic heterocycles. The summed E-state index contributed by atoms with van der Waals surface area (Å²) < 4.78 is 7.35.